The van der Waals surface area contributed by atoms with E-state index in [9.17, 15) is 0 Å². The average molecular weight is 440 g/mol. The van der Waals surface area contributed by atoms with Gasteiger partial charge in [-0.3, -0.25) is 0 Å². The van der Waals surface area contributed by atoms with Crippen molar-refractivity contribution in [3.05, 3.63) is 120 Å². The first-order valence-electron chi connectivity index (χ1n) is 8.85. The fraction of sp³-hybridized carbons (Fsp3) is 0.167. The summed E-state index contributed by atoms with van der Waals surface area (Å²) >= 11 is 0. The number of rotatable bonds is 2. The molecule has 3 heteroatoms. The zero-order valence-corrected chi connectivity index (χ0v) is 17.3. The zero-order chi connectivity index (χ0) is 17.2. The molecule has 2 atom stereocenters. The molecule has 1 aliphatic heterocycles. The standard InChI is InChI=1S/C14H14O.2C5H5.2Fe/c1-2-6-11(5-1)13-9-10-14(15-13)12-7-3-4-8-12;2*1-2-4-5-3-1;;/h1-8,13-14H,9-10H2;2*1-5H;;/q-2;2*-1;2*+2/t13-,14-;;;;/m1..../s1. The molecule has 142 valence electrons. The summed E-state index contributed by atoms with van der Waals surface area (Å²) in [5.74, 6) is 0. The first-order chi connectivity index (χ1) is 12.4. The van der Waals surface area contributed by atoms with Crippen LogP contribution < -0.4 is 0 Å². The summed E-state index contributed by atoms with van der Waals surface area (Å²) in [6.45, 7) is 0. The van der Waals surface area contributed by atoms with Gasteiger partial charge in [0, 0.05) is 12.2 Å². The van der Waals surface area contributed by atoms with Gasteiger partial charge in [0.2, 0.25) is 0 Å². The van der Waals surface area contributed by atoms with Crippen LogP contribution in [0.3, 0.4) is 0 Å². The van der Waals surface area contributed by atoms with Gasteiger partial charge in [0.05, 0.1) is 0 Å². The molecule has 0 unspecified atom stereocenters. The molecule has 1 aliphatic rings. The van der Waals surface area contributed by atoms with Crippen molar-refractivity contribution in [2.24, 2.45) is 0 Å². The van der Waals surface area contributed by atoms with Gasteiger partial charge in [0.25, 0.3) is 0 Å². The van der Waals surface area contributed by atoms with Crippen molar-refractivity contribution in [3.63, 3.8) is 0 Å². The molecule has 0 aliphatic carbocycles. The van der Waals surface area contributed by atoms with E-state index in [4.69, 9.17) is 4.74 Å². The minimum atomic E-state index is 0. The monoisotopic (exact) mass is 440 g/mol. The molecule has 0 aromatic heterocycles. The number of ether oxygens (including phenoxy) is 1. The molecule has 4 aromatic carbocycles. The van der Waals surface area contributed by atoms with Gasteiger partial charge in [-0.2, -0.15) is 60.7 Å². The smallest absolute Gasteiger partial charge is 0.390 e. The summed E-state index contributed by atoms with van der Waals surface area (Å²) in [6.07, 6.45) is 2.89. The maximum Gasteiger partial charge on any atom is 2.00 e. The minimum absolute atomic E-state index is 0. The molecule has 4 aromatic rings. The molecule has 0 bridgehead atoms. The summed E-state index contributed by atoms with van der Waals surface area (Å²) in [5.41, 5.74) is 2.65. The van der Waals surface area contributed by atoms with Crippen molar-refractivity contribution < 1.29 is 38.9 Å². The largest absolute Gasteiger partial charge is 2.00 e. The molecule has 0 N–H and O–H groups in total. The number of hydrogen-bond donors (Lipinski definition) is 0. The van der Waals surface area contributed by atoms with Crippen molar-refractivity contribution in [3.8, 4) is 0 Å². The Morgan fingerprint density at radius 2 is 0.889 bits per heavy atom. The van der Waals surface area contributed by atoms with E-state index in [2.05, 4.69) is 48.5 Å². The van der Waals surface area contributed by atoms with Crippen LogP contribution >= 0.6 is 0 Å². The molecule has 27 heavy (non-hydrogen) atoms. The molecular formula is C24H24Fe2O. The van der Waals surface area contributed by atoms with Crippen LogP contribution in [0, 0.1) is 0 Å². The summed E-state index contributed by atoms with van der Waals surface area (Å²) in [7, 11) is 0. The molecule has 1 saturated heterocycles. The SMILES string of the molecule is [Fe+2].[Fe+2].c1cc[c-]([C@H]2CC[C@H]([c-]3cccc3)O2)c1.c1cc[cH-]c1.c1cc[cH-]c1. The van der Waals surface area contributed by atoms with E-state index in [1.165, 1.54) is 11.1 Å². The second-order valence-electron chi connectivity index (χ2n) is 6.05. The van der Waals surface area contributed by atoms with Gasteiger partial charge >= 0.3 is 34.1 Å². The van der Waals surface area contributed by atoms with Crippen molar-refractivity contribution in [1.29, 1.82) is 0 Å². The van der Waals surface area contributed by atoms with Gasteiger partial charge in [0.1, 0.15) is 0 Å². The fourth-order valence-corrected chi connectivity index (χ4v) is 2.98. The Morgan fingerprint density at radius 3 is 1.15 bits per heavy atom. The summed E-state index contributed by atoms with van der Waals surface area (Å²) in [4.78, 5) is 0. The normalized spacial score (nSPS) is 17.3. The van der Waals surface area contributed by atoms with Crippen molar-refractivity contribution in [2.75, 3.05) is 0 Å². The summed E-state index contributed by atoms with van der Waals surface area (Å²) in [5, 5.41) is 0. The first kappa shape index (κ1) is 23.4. The van der Waals surface area contributed by atoms with E-state index in [1.807, 2.05) is 60.7 Å². The quantitative estimate of drug-likeness (QED) is 0.255. The third-order valence-corrected chi connectivity index (χ3v) is 4.25. The van der Waals surface area contributed by atoms with Crippen LogP contribution in [0.15, 0.2) is 109 Å². The third-order valence-electron chi connectivity index (χ3n) is 4.25. The van der Waals surface area contributed by atoms with Crippen LogP contribution in [-0.4, -0.2) is 0 Å². The van der Waals surface area contributed by atoms with Crippen LogP contribution in [-0.2, 0) is 38.9 Å². The Balaban J connectivity index is 0.000000253. The molecule has 5 rings (SSSR count). The van der Waals surface area contributed by atoms with E-state index >= 15 is 0 Å². The van der Waals surface area contributed by atoms with Gasteiger partial charge in [-0.05, 0) is 12.8 Å². The molecule has 0 amide bonds. The van der Waals surface area contributed by atoms with Crippen LogP contribution in [0.2, 0.25) is 0 Å². The van der Waals surface area contributed by atoms with E-state index in [1.54, 1.807) is 0 Å². The van der Waals surface area contributed by atoms with Gasteiger partial charge in [0.15, 0.2) is 0 Å². The molecule has 1 fully saturated rings. The second kappa shape index (κ2) is 13.5. The molecule has 1 heterocycles. The maximum atomic E-state index is 6.05. The van der Waals surface area contributed by atoms with Crippen LogP contribution in [0.4, 0.5) is 0 Å². The molecule has 0 radical (unpaired) electrons. The van der Waals surface area contributed by atoms with Crippen molar-refractivity contribution in [2.45, 2.75) is 25.0 Å². The molecule has 1 nitrogen and oxygen atoms in total. The Labute approximate surface area is 183 Å². The van der Waals surface area contributed by atoms with E-state index in [-0.39, 0.29) is 34.1 Å². The van der Waals surface area contributed by atoms with E-state index < -0.39 is 0 Å². The Hall–Kier alpha value is -1.60. The second-order valence-corrected chi connectivity index (χ2v) is 6.05. The topological polar surface area (TPSA) is 9.23 Å². The minimum Gasteiger partial charge on any atom is -0.390 e. The number of hydrogen-bond acceptors (Lipinski definition) is 1. The third kappa shape index (κ3) is 7.89. The Kier molecular flexibility index (Phi) is 11.8. The van der Waals surface area contributed by atoms with Crippen molar-refractivity contribution >= 4 is 0 Å². The van der Waals surface area contributed by atoms with Crippen LogP contribution in [0.5, 0.6) is 0 Å². The predicted octanol–water partition coefficient (Wildman–Crippen LogP) is 6.52. The predicted molar refractivity (Wildman–Crippen MR) is 104 cm³/mol. The van der Waals surface area contributed by atoms with Gasteiger partial charge in [-0.15, -0.1) is 11.1 Å². The molecule has 0 spiro atoms. The van der Waals surface area contributed by atoms with Gasteiger partial charge in [-0.25, -0.2) is 48.5 Å². The average Bonchev–Trinajstić information content (AvgIpc) is 3.51. The Bertz CT molecular complexity index is 637. The van der Waals surface area contributed by atoms with Gasteiger partial charge < -0.3 is 4.74 Å². The zero-order valence-electron chi connectivity index (χ0n) is 15.1. The van der Waals surface area contributed by atoms with Crippen LogP contribution in [0.25, 0.3) is 0 Å². The maximum absolute atomic E-state index is 6.05. The first-order valence-corrected chi connectivity index (χ1v) is 8.85. The van der Waals surface area contributed by atoms with Crippen LogP contribution in [0.1, 0.15) is 36.2 Å². The fourth-order valence-electron chi connectivity index (χ4n) is 2.98. The Morgan fingerprint density at radius 1 is 0.556 bits per heavy atom. The summed E-state index contributed by atoms with van der Waals surface area (Å²) < 4.78 is 6.05. The van der Waals surface area contributed by atoms with Crippen molar-refractivity contribution in [1.82, 2.24) is 0 Å². The van der Waals surface area contributed by atoms with Gasteiger partial charge in [-0.1, -0.05) is 0 Å². The van der Waals surface area contributed by atoms with E-state index in [0.29, 0.717) is 12.2 Å². The summed E-state index contributed by atoms with van der Waals surface area (Å²) in [6, 6.07) is 36.9. The molecular weight excluding hydrogens is 416 g/mol. The molecule has 0 saturated carbocycles. The van der Waals surface area contributed by atoms with E-state index in [0.717, 1.165) is 12.8 Å².